The third-order valence-corrected chi connectivity index (χ3v) is 4.35. The first kappa shape index (κ1) is 16.8. The van der Waals surface area contributed by atoms with E-state index in [1.165, 1.54) is 6.42 Å². The molecule has 1 aromatic rings. The van der Waals surface area contributed by atoms with Crippen LogP contribution in [-0.4, -0.2) is 25.2 Å². The molecule has 1 saturated carbocycles. The van der Waals surface area contributed by atoms with Gasteiger partial charge in [-0.05, 0) is 55.9 Å². The minimum atomic E-state index is -0.685. The SMILES string of the molecule is CCCOc1ccc(NC(=O)[C@@]2(OC)CCC[C@H](C)C2)cc1. The summed E-state index contributed by atoms with van der Waals surface area (Å²) >= 11 is 0. The maximum atomic E-state index is 12.7. The normalized spacial score (nSPS) is 24.8. The number of hydrogen-bond acceptors (Lipinski definition) is 3. The van der Waals surface area contributed by atoms with Crippen molar-refractivity contribution in [3.63, 3.8) is 0 Å². The van der Waals surface area contributed by atoms with Gasteiger partial charge in [0.05, 0.1) is 6.61 Å². The number of benzene rings is 1. The molecule has 4 heteroatoms. The van der Waals surface area contributed by atoms with E-state index in [0.29, 0.717) is 12.5 Å². The Morgan fingerprint density at radius 1 is 1.36 bits per heavy atom. The highest BCUT2D eigenvalue weighted by Gasteiger charge is 2.41. The summed E-state index contributed by atoms with van der Waals surface area (Å²) in [6.07, 6.45) is 4.76. The maximum absolute atomic E-state index is 12.7. The summed E-state index contributed by atoms with van der Waals surface area (Å²) in [5, 5.41) is 2.99. The fraction of sp³-hybridized carbons (Fsp3) is 0.611. The van der Waals surface area contributed by atoms with Crippen molar-refractivity contribution in [1.29, 1.82) is 0 Å². The third kappa shape index (κ3) is 4.01. The average molecular weight is 305 g/mol. The van der Waals surface area contributed by atoms with Crippen molar-refractivity contribution in [2.24, 2.45) is 5.92 Å². The lowest BCUT2D eigenvalue weighted by Gasteiger charge is -2.37. The van der Waals surface area contributed by atoms with Crippen molar-refractivity contribution in [2.75, 3.05) is 19.0 Å². The van der Waals surface area contributed by atoms with E-state index >= 15 is 0 Å². The largest absolute Gasteiger partial charge is 0.494 e. The summed E-state index contributed by atoms with van der Waals surface area (Å²) in [4.78, 5) is 12.7. The summed E-state index contributed by atoms with van der Waals surface area (Å²) in [7, 11) is 1.64. The van der Waals surface area contributed by atoms with E-state index in [0.717, 1.165) is 37.1 Å². The van der Waals surface area contributed by atoms with Gasteiger partial charge < -0.3 is 14.8 Å². The zero-order valence-electron chi connectivity index (χ0n) is 13.9. The zero-order valence-corrected chi connectivity index (χ0v) is 13.9. The molecule has 0 aliphatic heterocycles. The van der Waals surface area contributed by atoms with Crippen LogP contribution in [-0.2, 0) is 9.53 Å². The third-order valence-electron chi connectivity index (χ3n) is 4.35. The Morgan fingerprint density at radius 2 is 2.09 bits per heavy atom. The molecule has 1 aliphatic carbocycles. The molecule has 1 aromatic carbocycles. The van der Waals surface area contributed by atoms with E-state index in [-0.39, 0.29) is 5.91 Å². The Bertz CT molecular complexity index is 486. The lowest BCUT2D eigenvalue weighted by atomic mass is 9.78. The molecule has 1 fully saturated rings. The van der Waals surface area contributed by atoms with Gasteiger partial charge in [0.15, 0.2) is 0 Å². The molecule has 122 valence electrons. The van der Waals surface area contributed by atoms with Crippen molar-refractivity contribution >= 4 is 11.6 Å². The minimum absolute atomic E-state index is 0.0382. The van der Waals surface area contributed by atoms with Gasteiger partial charge in [-0.2, -0.15) is 0 Å². The van der Waals surface area contributed by atoms with Gasteiger partial charge in [0.1, 0.15) is 11.4 Å². The molecule has 0 spiro atoms. The highest BCUT2D eigenvalue weighted by molar-refractivity contribution is 5.97. The van der Waals surface area contributed by atoms with Crippen LogP contribution in [0.1, 0.15) is 46.0 Å². The number of carbonyl (C=O) groups excluding carboxylic acids is 1. The molecule has 1 N–H and O–H groups in total. The predicted octanol–water partition coefficient (Wildman–Crippen LogP) is 4.01. The molecule has 0 bridgehead atoms. The van der Waals surface area contributed by atoms with Crippen LogP contribution < -0.4 is 10.1 Å². The zero-order chi connectivity index (χ0) is 16.0. The molecule has 0 aromatic heterocycles. The van der Waals surface area contributed by atoms with Gasteiger partial charge in [-0.1, -0.05) is 20.3 Å². The maximum Gasteiger partial charge on any atom is 0.256 e. The quantitative estimate of drug-likeness (QED) is 0.864. The second-order valence-corrected chi connectivity index (χ2v) is 6.23. The van der Waals surface area contributed by atoms with Crippen LogP contribution in [0.25, 0.3) is 0 Å². The average Bonchev–Trinajstić information content (AvgIpc) is 2.54. The van der Waals surface area contributed by atoms with Crippen LogP contribution in [0.15, 0.2) is 24.3 Å². The van der Waals surface area contributed by atoms with Gasteiger partial charge in [-0.25, -0.2) is 0 Å². The number of hydrogen-bond donors (Lipinski definition) is 1. The van der Waals surface area contributed by atoms with E-state index in [1.54, 1.807) is 7.11 Å². The Balaban J connectivity index is 2.00. The molecule has 0 unspecified atom stereocenters. The number of carbonyl (C=O) groups is 1. The molecule has 1 amide bonds. The van der Waals surface area contributed by atoms with E-state index in [9.17, 15) is 4.79 Å². The highest BCUT2D eigenvalue weighted by atomic mass is 16.5. The first-order valence-electron chi connectivity index (χ1n) is 8.19. The number of amides is 1. The topological polar surface area (TPSA) is 47.6 Å². The van der Waals surface area contributed by atoms with E-state index < -0.39 is 5.60 Å². The summed E-state index contributed by atoms with van der Waals surface area (Å²) in [6.45, 7) is 4.96. The molecular weight excluding hydrogens is 278 g/mol. The number of nitrogens with one attached hydrogen (secondary N) is 1. The second kappa shape index (κ2) is 7.63. The highest BCUT2D eigenvalue weighted by Crippen LogP contribution is 2.35. The Labute approximate surface area is 133 Å². The predicted molar refractivity (Wildman–Crippen MR) is 88.2 cm³/mol. The second-order valence-electron chi connectivity index (χ2n) is 6.23. The lowest BCUT2D eigenvalue weighted by Crippen LogP contribution is -2.47. The molecule has 0 radical (unpaired) electrons. The van der Waals surface area contributed by atoms with Gasteiger partial charge in [0.2, 0.25) is 0 Å². The summed E-state index contributed by atoms with van der Waals surface area (Å²) in [5.41, 5.74) is 0.0956. The van der Waals surface area contributed by atoms with Crippen molar-refractivity contribution in [2.45, 2.75) is 51.6 Å². The van der Waals surface area contributed by atoms with Crippen LogP contribution in [0.5, 0.6) is 5.75 Å². The summed E-state index contributed by atoms with van der Waals surface area (Å²) in [6, 6.07) is 7.51. The van der Waals surface area contributed by atoms with Gasteiger partial charge in [0, 0.05) is 12.8 Å². The van der Waals surface area contributed by atoms with Crippen LogP contribution in [0.2, 0.25) is 0 Å². The van der Waals surface area contributed by atoms with Crippen LogP contribution >= 0.6 is 0 Å². The monoisotopic (exact) mass is 305 g/mol. The molecule has 0 heterocycles. The fourth-order valence-electron chi connectivity index (χ4n) is 3.09. The number of methoxy groups -OCH3 is 1. The van der Waals surface area contributed by atoms with E-state index in [4.69, 9.17) is 9.47 Å². The van der Waals surface area contributed by atoms with Gasteiger partial charge >= 0.3 is 0 Å². The standard InChI is InChI=1S/C18H27NO3/c1-4-12-22-16-9-7-15(8-10-16)19-17(20)18(21-3)11-5-6-14(2)13-18/h7-10,14H,4-6,11-13H2,1-3H3,(H,19,20)/t14-,18+/m0/s1. The van der Waals surface area contributed by atoms with E-state index in [1.807, 2.05) is 24.3 Å². The molecule has 2 atom stereocenters. The van der Waals surface area contributed by atoms with Gasteiger partial charge in [-0.3, -0.25) is 4.79 Å². The number of ether oxygens (including phenoxy) is 2. The van der Waals surface area contributed by atoms with Crippen molar-refractivity contribution in [3.8, 4) is 5.75 Å². The molecule has 22 heavy (non-hydrogen) atoms. The fourth-order valence-corrected chi connectivity index (χ4v) is 3.09. The Kier molecular flexibility index (Phi) is 5.83. The minimum Gasteiger partial charge on any atom is -0.494 e. The van der Waals surface area contributed by atoms with Crippen molar-refractivity contribution in [1.82, 2.24) is 0 Å². The van der Waals surface area contributed by atoms with E-state index in [2.05, 4.69) is 19.2 Å². The molecular formula is C18H27NO3. The van der Waals surface area contributed by atoms with Crippen molar-refractivity contribution in [3.05, 3.63) is 24.3 Å². The molecule has 0 saturated heterocycles. The number of rotatable bonds is 6. The smallest absolute Gasteiger partial charge is 0.256 e. The number of anilines is 1. The van der Waals surface area contributed by atoms with Crippen LogP contribution in [0, 0.1) is 5.92 Å². The van der Waals surface area contributed by atoms with Gasteiger partial charge in [-0.15, -0.1) is 0 Å². The summed E-state index contributed by atoms with van der Waals surface area (Å²) < 4.78 is 11.2. The molecule has 4 nitrogen and oxygen atoms in total. The first-order valence-corrected chi connectivity index (χ1v) is 8.19. The van der Waals surface area contributed by atoms with Crippen LogP contribution in [0.4, 0.5) is 5.69 Å². The van der Waals surface area contributed by atoms with Crippen LogP contribution in [0.3, 0.4) is 0 Å². The van der Waals surface area contributed by atoms with Crippen molar-refractivity contribution < 1.29 is 14.3 Å². The molecule has 1 aliphatic rings. The Morgan fingerprint density at radius 3 is 2.68 bits per heavy atom. The summed E-state index contributed by atoms with van der Waals surface area (Å²) in [5.74, 6) is 1.31. The lowest BCUT2D eigenvalue weighted by molar-refractivity contribution is -0.143. The van der Waals surface area contributed by atoms with Gasteiger partial charge in [0.25, 0.3) is 5.91 Å². The first-order chi connectivity index (χ1) is 10.6. The molecule has 2 rings (SSSR count). The Hall–Kier alpha value is -1.55.